The average Bonchev–Trinajstić information content (AvgIpc) is 3.44. The van der Waals surface area contributed by atoms with Crippen LogP contribution in [0.25, 0.3) is 44.8 Å². The first-order chi connectivity index (χ1) is 17.2. The lowest BCUT2D eigenvalue weighted by atomic mass is 9.91. The Morgan fingerprint density at radius 1 is 0.833 bits per heavy atom. The first kappa shape index (κ1) is 28.0. The normalized spacial score (nSPS) is 11.1. The van der Waals surface area contributed by atoms with Gasteiger partial charge in [0, 0.05) is 24.0 Å². The minimum absolute atomic E-state index is 0.550. The molecular formula is C27H30Cl2N4O2S. The van der Waals surface area contributed by atoms with Gasteiger partial charge in [0.05, 0.1) is 32.1 Å². The number of aromatic amines is 2. The molecule has 0 spiro atoms. The fraction of sp³-hybridized carbons (Fsp3) is 0.259. The molecule has 0 radical (unpaired) electrons. The van der Waals surface area contributed by atoms with Crippen LogP contribution in [-0.4, -0.2) is 25.2 Å². The van der Waals surface area contributed by atoms with E-state index < -0.39 is 0 Å². The quantitative estimate of drug-likeness (QED) is 0.0788. The molecule has 36 heavy (non-hydrogen) atoms. The fourth-order valence-corrected chi connectivity index (χ4v) is 4.33. The van der Waals surface area contributed by atoms with E-state index in [0.29, 0.717) is 27.1 Å². The molecule has 2 aromatic heterocycles. The van der Waals surface area contributed by atoms with Crippen LogP contribution in [-0.2, 0) is 4.33 Å². The van der Waals surface area contributed by atoms with Gasteiger partial charge in [-0.25, -0.2) is 15.2 Å². The van der Waals surface area contributed by atoms with E-state index in [2.05, 4.69) is 64.9 Å². The molecule has 2 heterocycles. The molecular weight excluding hydrogens is 515 g/mol. The van der Waals surface area contributed by atoms with Crippen molar-refractivity contribution in [3.8, 4) is 22.8 Å². The zero-order valence-electron chi connectivity index (χ0n) is 20.6. The number of rotatable bonds is 3. The first-order valence-electron chi connectivity index (χ1n) is 11.5. The number of fused-ring (bicyclic) bond motifs is 2. The first-order valence-corrected chi connectivity index (χ1v) is 12.6. The Balaban J connectivity index is 0.000000310. The monoisotopic (exact) mass is 544 g/mol. The molecule has 0 aliphatic heterocycles. The third-order valence-corrected chi connectivity index (χ3v) is 5.97. The molecule has 9 heteroatoms. The molecule has 0 aliphatic rings. The van der Waals surface area contributed by atoms with Crippen molar-refractivity contribution in [3.63, 3.8) is 0 Å². The van der Waals surface area contributed by atoms with Crippen LogP contribution in [0.4, 0.5) is 0 Å². The lowest BCUT2D eigenvalue weighted by Gasteiger charge is -2.15. The predicted molar refractivity (Wildman–Crippen MR) is 154 cm³/mol. The third-order valence-electron chi connectivity index (χ3n) is 5.35. The summed E-state index contributed by atoms with van der Waals surface area (Å²) in [5, 5.41) is 8.05. The van der Waals surface area contributed by atoms with E-state index in [1.807, 2.05) is 60.7 Å². The van der Waals surface area contributed by atoms with Crippen LogP contribution < -0.4 is 0 Å². The molecule has 5 rings (SSSR count). The molecule has 190 valence electrons. The molecule has 0 unspecified atom stereocenters. The SMILES string of the molecule is CCCC(C)(C)C.Clc1cc(-c2nc3ccccc3[nH]2)c(Cl)cc1-c1nc2ccccc2[nH]1.OOS. The number of para-hydroxylation sites is 4. The van der Waals surface area contributed by atoms with Gasteiger partial charge in [-0.1, -0.05) is 81.6 Å². The molecule has 0 aliphatic carbocycles. The molecule has 0 bridgehead atoms. The summed E-state index contributed by atoms with van der Waals surface area (Å²) in [7, 11) is 0. The van der Waals surface area contributed by atoms with E-state index in [1.54, 1.807) is 0 Å². The van der Waals surface area contributed by atoms with Crippen molar-refractivity contribution in [2.45, 2.75) is 40.5 Å². The number of aromatic nitrogens is 4. The Hall–Kier alpha value is -2.55. The van der Waals surface area contributed by atoms with Gasteiger partial charge >= 0.3 is 0 Å². The maximum Gasteiger partial charge on any atom is 0.140 e. The van der Waals surface area contributed by atoms with E-state index in [9.17, 15) is 0 Å². The maximum absolute atomic E-state index is 6.93. The zero-order chi connectivity index (χ0) is 26.3. The highest BCUT2D eigenvalue weighted by Crippen LogP contribution is 2.37. The fourth-order valence-electron chi connectivity index (χ4n) is 3.82. The number of nitrogens with one attached hydrogen (secondary N) is 2. The van der Waals surface area contributed by atoms with E-state index in [1.165, 1.54) is 12.8 Å². The summed E-state index contributed by atoms with van der Waals surface area (Å²) in [5.41, 5.74) is 5.74. The van der Waals surface area contributed by atoms with Crippen LogP contribution >= 0.6 is 36.1 Å². The summed E-state index contributed by atoms with van der Waals surface area (Å²) in [6.45, 7) is 9.05. The van der Waals surface area contributed by atoms with E-state index >= 15 is 0 Å². The van der Waals surface area contributed by atoms with Gasteiger partial charge in [-0.05, 0) is 48.2 Å². The number of nitrogens with zero attached hydrogens (tertiary/aromatic N) is 2. The summed E-state index contributed by atoms with van der Waals surface area (Å²) in [6, 6.07) is 19.3. The van der Waals surface area contributed by atoms with Crippen LogP contribution in [0, 0.1) is 5.41 Å². The van der Waals surface area contributed by atoms with Gasteiger partial charge in [-0.15, -0.1) is 0 Å². The summed E-state index contributed by atoms with van der Waals surface area (Å²) in [4.78, 5) is 15.8. The largest absolute Gasteiger partial charge is 0.338 e. The number of H-pyrrole nitrogens is 2. The molecule has 0 saturated heterocycles. The maximum atomic E-state index is 6.93. The molecule has 3 aromatic carbocycles. The van der Waals surface area contributed by atoms with Crippen LogP contribution in [0.15, 0.2) is 60.7 Å². The van der Waals surface area contributed by atoms with Crippen LogP contribution in [0.3, 0.4) is 0 Å². The summed E-state index contributed by atoms with van der Waals surface area (Å²) in [6.07, 6.45) is 2.65. The summed E-state index contributed by atoms with van der Waals surface area (Å²) in [5.74, 6) is 1.38. The second-order valence-electron chi connectivity index (χ2n) is 9.41. The number of halogens is 2. The Kier molecular flexibility index (Phi) is 9.82. The van der Waals surface area contributed by atoms with Crippen LogP contribution in [0.5, 0.6) is 0 Å². The Bertz CT molecular complexity index is 1260. The smallest absolute Gasteiger partial charge is 0.140 e. The molecule has 0 fully saturated rings. The van der Waals surface area contributed by atoms with Crippen molar-refractivity contribution < 1.29 is 9.59 Å². The van der Waals surface area contributed by atoms with E-state index in [4.69, 9.17) is 28.5 Å². The minimum atomic E-state index is 0.550. The number of hydrogen-bond acceptors (Lipinski definition) is 5. The van der Waals surface area contributed by atoms with Gasteiger partial charge < -0.3 is 9.97 Å². The van der Waals surface area contributed by atoms with Gasteiger partial charge in [0.15, 0.2) is 0 Å². The second kappa shape index (κ2) is 12.6. The second-order valence-corrected chi connectivity index (χ2v) is 10.4. The van der Waals surface area contributed by atoms with Crippen molar-refractivity contribution in [3.05, 3.63) is 70.7 Å². The average molecular weight is 546 g/mol. The van der Waals surface area contributed by atoms with Crippen molar-refractivity contribution in [2.75, 3.05) is 0 Å². The zero-order valence-corrected chi connectivity index (χ0v) is 23.0. The Morgan fingerprint density at radius 3 is 1.53 bits per heavy atom. The van der Waals surface area contributed by atoms with Crippen molar-refractivity contribution >= 4 is 58.2 Å². The summed E-state index contributed by atoms with van der Waals surface area (Å²) < 4.78 is 2.94. The van der Waals surface area contributed by atoms with Crippen molar-refractivity contribution in [2.24, 2.45) is 5.41 Å². The Labute approximate surface area is 226 Å². The molecule has 6 nitrogen and oxygen atoms in total. The van der Waals surface area contributed by atoms with Gasteiger partial charge in [-0.3, -0.25) is 0 Å². The van der Waals surface area contributed by atoms with Crippen LogP contribution in [0.2, 0.25) is 10.0 Å². The molecule has 3 N–H and O–H groups in total. The van der Waals surface area contributed by atoms with E-state index in [0.717, 1.165) is 33.2 Å². The number of benzene rings is 3. The lowest BCUT2D eigenvalue weighted by Crippen LogP contribution is -2.02. The lowest BCUT2D eigenvalue weighted by molar-refractivity contribution is -0.113. The van der Waals surface area contributed by atoms with E-state index in [-0.39, 0.29) is 0 Å². The molecule has 0 saturated carbocycles. The van der Waals surface area contributed by atoms with Crippen molar-refractivity contribution in [1.82, 2.24) is 19.9 Å². The molecule has 0 atom stereocenters. The third kappa shape index (κ3) is 7.24. The van der Waals surface area contributed by atoms with Crippen LogP contribution in [0.1, 0.15) is 40.5 Å². The highest BCUT2D eigenvalue weighted by Gasteiger charge is 2.16. The van der Waals surface area contributed by atoms with Gasteiger partial charge in [0.25, 0.3) is 0 Å². The minimum Gasteiger partial charge on any atom is -0.338 e. The van der Waals surface area contributed by atoms with Gasteiger partial charge in [0.1, 0.15) is 11.6 Å². The molecule has 5 aromatic rings. The molecule has 0 amide bonds. The summed E-state index contributed by atoms with van der Waals surface area (Å²) >= 11 is 15.9. The topological polar surface area (TPSA) is 86.8 Å². The van der Waals surface area contributed by atoms with Gasteiger partial charge in [-0.2, -0.15) is 4.33 Å². The van der Waals surface area contributed by atoms with Gasteiger partial charge in [0.2, 0.25) is 0 Å². The number of thiol groups is 1. The highest BCUT2D eigenvalue weighted by molar-refractivity contribution is 7.74. The number of hydrogen-bond donors (Lipinski definition) is 4. The number of imidazole rings is 2. The highest BCUT2D eigenvalue weighted by atomic mass is 35.5. The Morgan fingerprint density at radius 2 is 1.22 bits per heavy atom. The standard InChI is InChI=1S/C20H12Cl2N4.C7H16.H2O2S/c21-13-10-12(20-25-17-7-3-4-8-18(17)26-20)14(22)9-11(13)19-23-15-5-1-2-6-16(15)24-19;1-5-6-7(2,3)4;1-2-3/h1-10H,(H,23,24)(H,25,26);5-6H2,1-4H3;1,3H. The van der Waals surface area contributed by atoms with Crippen molar-refractivity contribution in [1.29, 1.82) is 0 Å². The predicted octanol–water partition coefficient (Wildman–Crippen LogP) is 9.23.